The van der Waals surface area contributed by atoms with Gasteiger partial charge in [0.05, 0.1) is 11.7 Å². The number of rotatable bonds is 4. The van der Waals surface area contributed by atoms with Gasteiger partial charge >= 0.3 is 0 Å². The highest BCUT2D eigenvalue weighted by Gasteiger charge is 2.32. The second kappa shape index (κ2) is 6.77. The molecule has 5 heteroatoms. The Morgan fingerprint density at radius 3 is 2.88 bits per heavy atom. The molecule has 1 amide bonds. The number of nitrogens with zero attached hydrogens (tertiary/aromatic N) is 3. The van der Waals surface area contributed by atoms with Crippen molar-refractivity contribution in [2.45, 2.75) is 39.7 Å². The van der Waals surface area contributed by atoms with Gasteiger partial charge in [-0.1, -0.05) is 26.8 Å². The minimum atomic E-state index is -0.0300. The highest BCUT2D eigenvalue weighted by molar-refractivity contribution is 5.95. The molecule has 0 aliphatic carbocycles. The third-order valence-electron chi connectivity index (χ3n) is 4.23. The van der Waals surface area contributed by atoms with Crippen molar-refractivity contribution in [3.05, 3.63) is 42.7 Å². The van der Waals surface area contributed by atoms with Crippen LogP contribution in [0.1, 0.15) is 33.6 Å². The standard InChI is InChI=1S/C19H26N4O/c1-19(2,3)14-22-11-5-9-17(22)18(24)21-15-7-4-8-16(13-15)23-12-6-10-20-23/h4,6-8,10,12-13,17H,5,9,11,14H2,1-3H3,(H,21,24)/t17-/m1/s1. The normalized spacial score (nSPS) is 18.7. The third-order valence-corrected chi connectivity index (χ3v) is 4.23. The molecule has 2 heterocycles. The number of likely N-dealkylation sites (tertiary alicyclic amines) is 1. The van der Waals surface area contributed by atoms with Gasteiger partial charge in [-0.15, -0.1) is 0 Å². The van der Waals surface area contributed by atoms with E-state index in [0.29, 0.717) is 0 Å². The minimum Gasteiger partial charge on any atom is -0.325 e. The maximum Gasteiger partial charge on any atom is 0.241 e. The molecule has 0 unspecified atom stereocenters. The Kier molecular flexibility index (Phi) is 4.71. The number of nitrogens with one attached hydrogen (secondary N) is 1. The Morgan fingerprint density at radius 1 is 1.33 bits per heavy atom. The van der Waals surface area contributed by atoms with Crippen LogP contribution in [0.5, 0.6) is 0 Å². The van der Waals surface area contributed by atoms with Crippen LogP contribution >= 0.6 is 0 Å². The monoisotopic (exact) mass is 326 g/mol. The summed E-state index contributed by atoms with van der Waals surface area (Å²) >= 11 is 0. The predicted molar refractivity (Wildman–Crippen MR) is 96.2 cm³/mol. The zero-order valence-electron chi connectivity index (χ0n) is 14.7. The summed E-state index contributed by atoms with van der Waals surface area (Å²) in [6.07, 6.45) is 5.65. The highest BCUT2D eigenvalue weighted by Crippen LogP contribution is 2.25. The number of benzene rings is 1. The van der Waals surface area contributed by atoms with E-state index in [-0.39, 0.29) is 17.4 Å². The summed E-state index contributed by atoms with van der Waals surface area (Å²) in [5, 5.41) is 7.31. The van der Waals surface area contributed by atoms with Gasteiger partial charge in [-0.05, 0) is 49.1 Å². The van der Waals surface area contributed by atoms with E-state index in [1.165, 1.54) is 0 Å². The SMILES string of the molecule is CC(C)(C)CN1CCC[C@@H]1C(=O)Nc1cccc(-n2cccn2)c1. The van der Waals surface area contributed by atoms with E-state index >= 15 is 0 Å². The van der Waals surface area contributed by atoms with Crippen LogP contribution in [0.2, 0.25) is 0 Å². The van der Waals surface area contributed by atoms with Gasteiger partial charge < -0.3 is 5.32 Å². The van der Waals surface area contributed by atoms with Crippen LogP contribution in [0.15, 0.2) is 42.7 Å². The first-order valence-corrected chi connectivity index (χ1v) is 8.57. The summed E-state index contributed by atoms with van der Waals surface area (Å²) in [7, 11) is 0. The number of carbonyl (C=O) groups is 1. The average Bonchev–Trinajstić information content (AvgIpc) is 3.17. The van der Waals surface area contributed by atoms with Gasteiger partial charge in [0.15, 0.2) is 0 Å². The maximum atomic E-state index is 12.7. The van der Waals surface area contributed by atoms with Crippen molar-refractivity contribution in [1.82, 2.24) is 14.7 Å². The van der Waals surface area contributed by atoms with Crippen LogP contribution in [-0.4, -0.2) is 39.7 Å². The molecular weight excluding hydrogens is 300 g/mol. The summed E-state index contributed by atoms with van der Waals surface area (Å²) < 4.78 is 1.79. The number of hydrogen-bond acceptors (Lipinski definition) is 3. The largest absolute Gasteiger partial charge is 0.325 e. The molecule has 1 aromatic heterocycles. The van der Waals surface area contributed by atoms with Gasteiger partial charge in [-0.2, -0.15) is 5.10 Å². The number of amides is 1. The first kappa shape index (κ1) is 16.7. The molecule has 1 aliphatic rings. The van der Waals surface area contributed by atoms with Gasteiger partial charge in [-0.25, -0.2) is 4.68 Å². The Morgan fingerprint density at radius 2 is 2.17 bits per heavy atom. The molecular formula is C19H26N4O. The lowest BCUT2D eigenvalue weighted by molar-refractivity contribution is -0.120. The molecule has 24 heavy (non-hydrogen) atoms. The van der Waals surface area contributed by atoms with Crippen molar-refractivity contribution in [1.29, 1.82) is 0 Å². The number of anilines is 1. The number of carbonyl (C=O) groups excluding carboxylic acids is 1. The molecule has 128 valence electrons. The summed E-state index contributed by atoms with van der Waals surface area (Å²) in [6, 6.07) is 9.64. The highest BCUT2D eigenvalue weighted by atomic mass is 16.2. The van der Waals surface area contributed by atoms with Crippen molar-refractivity contribution in [2.24, 2.45) is 5.41 Å². The van der Waals surface area contributed by atoms with E-state index in [0.717, 1.165) is 37.3 Å². The predicted octanol–water partition coefficient (Wildman–Crippen LogP) is 3.32. The topological polar surface area (TPSA) is 50.2 Å². The summed E-state index contributed by atoms with van der Waals surface area (Å²) in [5.41, 5.74) is 1.95. The summed E-state index contributed by atoms with van der Waals surface area (Å²) in [5.74, 6) is 0.0920. The van der Waals surface area contributed by atoms with E-state index in [4.69, 9.17) is 0 Å². The molecule has 2 aromatic rings. The molecule has 0 bridgehead atoms. The molecule has 1 aromatic carbocycles. The fourth-order valence-electron chi connectivity index (χ4n) is 3.29. The van der Waals surface area contributed by atoms with E-state index < -0.39 is 0 Å². The lowest BCUT2D eigenvalue weighted by Gasteiger charge is -2.30. The van der Waals surface area contributed by atoms with Crippen LogP contribution in [0.25, 0.3) is 5.69 Å². The van der Waals surface area contributed by atoms with Crippen molar-refractivity contribution in [3.8, 4) is 5.69 Å². The average molecular weight is 326 g/mol. The van der Waals surface area contributed by atoms with Crippen molar-refractivity contribution >= 4 is 11.6 Å². The van der Waals surface area contributed by atoms with Crippen LogP contribution in [-0.2, 0) is 4.79 Å². The summed E-state index contributed by atoms with van der Waals surface area (Å²) in [6.45, 7) is 8.59. The van der Waals surface area contributed by atoms with Crippen molar-refractivity contribution in [2.75, 3.05) is 18.4 Å². The van der Waals surface area contributed by atoms with Crippen LogP contribution in [0.3, 0.4) is 0 Å². The fourth-order valence-corrected chi connectivity index (χ4v) is 3.29. The Hall–Kier alpha value is -2.14. The first-order chi connectivity index (χ1) is 11.4. The van der Waals surface area contributed by atoms with Gasteiger partial charge in [0, 0.05) is 24.6 Å². The molecule has 0 radical (unpaired) electrons. The molecule has 1 fully saturated rings. The van der Waals surface area contributed by atoms with Crippen LogP contribution in [0, 0.1) is 5.41 Å². The zero-order valence-corrected chi connectivity index (χ0v) is 14.7. The third kappa shape index (κ3) is 4.03. The van der Waals surface area contributed by atoms with Gasteiger partial charge in [0.25, 0.3) is 0 Å². The molecule has 1 atom stereocenters. The van der Waals surface area contributed by atoms with E-state index in [2.05, 4.69) is 36.1 Å². The maximum absolute atomic E-state index is 12.7. The van der Waals surface area contributed by atoms with E-state index in [1.54, 1.807) is 10.9 Å². The Balaban J connectivity index is 1.69. The molecule has 0 spiro atoms. The molecule has 0 saturated carbocycles. The lowest BCUT2D eigenvalue weighted by Crippen LogP contribution is -2.43. The Labute approximate surface area is 143 Å². The first-order valence-electron chi connectivity index (χ1n) is 8.57. The second-order valence-electron chi connectivity index (χ2n) is 7.68. The lowest BCUT2D eigenvalue weighted by atomic mass is 9.95. The van der Waals surface area contributed by atoms with E-state index in [9.17, 15) is 4.79 Å². The minimum absolute atomic E-state index is 0.0300. The van der Waals surface area contributed by atoms with Gasteiger partial charge in [-0.3, -0.25) is 9.69 Å². The molecule has 1 aliphatic heterocycles. The number of aromatic nitrogens is 2. The van der Waals surface area contributed by atoms with Crippen molar-refractivity contribution < 1.29 is 4.79 Å². The molecule has 1 saturated heterocycles. The zero-order chi connectivity index (χ0) is 17.2. The van der Waals surface area contributed by atoms with Crippen molar-refractivity contribution in [3.63, 3.8) is 0 Å². The smallest absolute Gasteiger partial charge is 0.241 e. The fraction of sp³-hybridized carbons (Fsp3) is 0.474. The second-order valence-corrected chi connectivity index (χ2v) is 7.68. The van der Waals surface area contributed by atoms with Gasteiger partial charge in [0.1, 0.15) is 0 Å². The van der Waals surface area contributed by atoms with E-state index in [1.807, 2.05) is 36.5 Å². The van der Waals surface area contributed by atoms with Gasteiger partial charge in [0.2, 0.25) is 5.91 Å². The molecule has 1 N–H and O–H groups in total. The number of hydrogen-bond donors (Lipinski definition) is 1. The summed E-state index contributed by atoms with van der Waals surface area (Å²) in [4.78, 5) is 15.0. The quantitative estimate of drug-likeness (QED) is 0.937. The molecule has 3 rings (SSSR count). The van der Waals surface area contributed by atoms with Crippen LogP contribution in [0.4, 0.5) is 5.69 Å². The Bertz CT molecular complexity index is 688. The van der Waals surface area contributed by atoms with Crippen LogP contribution < -0.4 is 5.32 Å². The molecule has 5 nitrogen and oxygen atoms in total.